The first-order valence-electron chi connectivity index (χ1n) is 5.44. The van der Waals surface area contributed by atoms with Crippen molar-refractivity contribution in [1.29, 1.82) is 0 Å². The van der Waals surface area contributed by atoms with Crippen LogP contribution in [0.4, 0.5) is 0 Å². The van der Waals surface area contributed by atoms with Crippen LogP contribution in [-0.4, -0.2) is 51.0 Å². The van der Waals surface area contributed by atoms with Crippen molar-refractivity contribution < 1.29 is 13.2 Å². The van der Waals surface area contributed by atoms with Gasteiger partial charge in [-0.3, -0.25) is 4.68 Å². The molecule has 18 heavy (non-hydrogen) atoms. The first kappa shape index (κ1) is 15.4. The second-order valence-corrected chi connectivity index (χ2v) is 6.62. The SMILES string of the molecule is CNC(CS(C)(=O)=O)c1c(Cl)cnn1CCOC. The summed E-state index contributed by atoms with van der Waals surface area (Å²) in [5.41, 5.74) is 0.668. The second-order valence-electron chi connectivity index (χ2n) is 4.03. The van der Waals surface area contributed by atoms with Gasteiger partial charge in [0.15, 0.2) is 0 Å². The molecule has 0 aromatic carbocycles. The Labute approximate surface area is 112 Å². The van der Waals surface area contributed by atoms with Crippen LogP contribution in [0.25, 0.3) is 0 Å². The molecule has 1 aromatic rings. The van der Waals surface area contributed by atoms with Crippen LogP contribution in [0.3, 0.4) is 0 Å². The van der Waals surface area contributed by atoms with Gasteiger partial charge in [0.1, 0.15) is 9.84 Å². The van der Waals surface area contributed by atoms with Gasteiger partial charge in [0.2, 0.25) is 0 Å². The number of nitrogens with zero attached hydrogens (tertiary/aromatic N) is 2. The maximum absolute atomic E-state index is 11.4. The molecule has 1 heterocycles. The molecule has 1 atom stereocenters. The minimum atomic E-state index is -3.11. The summed E-state index contributed by atoms with van der Waals surface area (Å²) in [4.78, 5) is 0. The number of sulfone groups is 1. The third kappa shape index (κ3) is 4.24. The van der Waals surface area contributed by atoms with Crippen molar-refractivity contribution in [3.63, 3.8) is 0 Å². The Morgan fingerprint density at radius 2 is 2.28 bits per heavy atom. The topological polar surface area (TPSA) is 73.2 Å². The molecule has 0 spiro atoms. The highest BCUT2D eigenvalue weighted by molar-refractivity contribution is 7.90. The van der Waals surface area contributed by atoms with Crippen molar-refractivity contribution in [1.82, 2.24) is 15.1 Å². The predicted molar refractivity (Wildman–Crippen MR) is 70.6 cm³/mol. The van der Waals surface area contributed by atoms with Crippen molar-refractivity contribution >= 4 is 21.4 Å². The Morgan fingerprint density at radius 3 is 2.78 bits per heavy atom. The molecule has 0 aliphatic rings. The van der Waals surface area contributed by atoms with Gasteiger partial charge in [0, 0.05) is 13.4 Å². The average Bonchev–Trinajstić information content (AvgIpc) is 2.63. The maximum atomic E-state index is 11.4. The van der Waals surface area contributed by atoms with Gasteiger partial charge in [-0.05, 0) is 7.05 Å². The van der Waals surface area contributed by atoms with Crippen LogP contribution in [0.2, 0.25) is 5.02 Å². The van der Waals surface area contributed by atoms with E-state index in [9.17, 15) is 8.42 Å². The van der Waals surface area contributed by atoms with Gasteiger partial charge in [0.05, 0.1) is 41.9 Å². The zero-order chi connectivity index (χ0) is 13.8. The molecule has 1 N–H and O–H groups in total. The lowest BCUT2D eigenvalue weighted by molar-refractivity contribution is 0.182. The van der Waals surface area contributed by atoms with Crippen molar-refractivity contribution in [2.24, 2.45) is 0 Å². The summed E-state index contributed by atoms with van der Waals surface area (Å²) in [7, 11) is 0.179. The highest BCUT2D eigenvalue weighted by Crippen LogP contribution is 2.23. The Bertz CT molecular complexity index is 487. The predicted octanol–water partition coefficient (Wildman–Crippen LogP) is 0.488. The summed E-state index contributed by atoms with van der Waals surface area (Å²) in [6.45, 7) is 1.01. The number of aromatic nitrogens is 2. The van der Waals surface area contributed by atoms with Gasteiger partial charge in [-0.2, -0.15) is 5.10 Å². The van der Waals surface area contributed by atoms with Crippen molar-refractivity contribution in [2.45, 2.75) is 12.6 Å². The van der Waals surface area contributed by atoms with Crippen LogP contribution in [0, 0.1) is 0 Å². The van der Waals surface area contributed by atoms with Crippen molar-refractivity contribution in [2.75, 3.05) is 32.8 Å². The standard InChI is InChI=1S/C10H18ClN3O3S/c1-12-9(7-18(3,15)16)10-8(11)6-13-14(10)4-5-17-2/h6,9,12H,4-5,7H2,1-3H3. The van der Waals surface area contributed by atoms with Gasteiger partial charge < -0.3 is 10.1 Å². The van der Waals surface area contributed by atoms with Gasteiger partial charge in [-0.15, -0.1) is 0 Å². The smallest absolute Gasteiger partial charge is 0.149 e. The van der Waals surface area contributed by atoms with Crippen LogP contribution in [0.15, 0.2) is 6.20 Å². The number of ether oxygens (including phenoxy) is 1. The first-order chi connectivity index (χ1) is 8.39. The Morgan fingerprint density at radius 1 is 1.61 bits per heavy atom. The molecular weight excluding hydrogens is 278 g/mol. The fourth-order valence-corrected chi connectivity index (χ4v) is 2.88. The molecule has 0 saturated carbocycles. The minimum absolute atomic E-state index is 0.0259. The number of halogens is 1. The van der Waals surface area contributed by atoms with Crippen LogP contribution in [0.5, 0.6) is 0 Å². The second kappa shape index (κ2) is 6.51. The molecule has 6 nitrogen and oxygen atoms in total. The highest BCUT2D eigenvalue weighted by Gasteiger charge is 2.22. The lowest BCUT2D eigenvalue weighted by Gasteiger charge is -2.17. The molecule has 0 radical (unpaired) electrons. The van der Waals surface area contributed by atoms with E-state index in [2.05, 4.69) is 10.4 Å². The summed E-state index contributed by atoms with van der Waals surface area (Å²) in [5, 5.41) is 7.53. The van der Waals surface area contributed by atoms with Gasteiger partial charge in [-0.1, -0.05) is 11.6 Å². The Balaban J connectivity index is 3.00. The Hall–Kier alpha value is -0.630. The normalized spacial score (nSPS) is 13.8. The minimum Gasteiger partial charge on any atom is -0.383 e. The summed E-state index contributed by atoms with van der Waals surface area (Å²) in [6.07, 6.45) is 2.71. The third-order valence-corrected chi connectivity index (χ3v) is 3.72. The van der Waals surface area contributed by atoms with Crippen LogP contribution in [-0.2, 0) is 21.1 Å². The molecule has 104 valence electrons. The molecule has 1 rings (SSSR count). The maximum Gasteiger partial charge on any atom is 0.149 e. The summed E-state index contributed by atoms with van der Waals surface area (Å²) >= 11 is 6.07. The zero-order valence-electron chi connectivity index (χ0n) is 10.7. The molecule has 8 heteroatoms. The van der Waals surface area contributed by atoms with Gasteiger partial charge in [0.25, 0.3) is 0 Å². The van der Waals surface area contributed by atoms with E-state index in [1.165, 1.54) is 12.5 Å². The molecule has 0 aliphatic heterocycles. The fourth-order valence-electron chi connectivity index (χ4n) is 1.68. The van der Waals surface area contributed by atoms with Gasteiger partial charge >= 0.3 is 0 Å². The summed E-state index contributed by atoms with van der Waals surface area (Å²) in [5.74, 6) is -0.0259. The lowest BCUT2D eigenvalue weighted by atomic mass is 10.2. The summed E-state index contributed by atoms with van der Waals surface area (Å²) in [6, 6.07) is -0.383. The van der Waals surface area contributed by atoms with Crippen LogP contribution >= 0.6 is 11.6 Å². The van der Waals surface area contributed by atoms with Crippen molar-refractivity contribution in [3.05, 3.63) is 16.9 Å². The zero-order valence-corrected chi connectivity index (χ0v) is 12.3. The van der Waals surface area contributed by atoms with E-state index < -0.39 is 9.84 Å². The molecular formula is C10H18ClN3O3S. The van der Waals surface area contributed by atoms with E-state index in [1.807, 2.05) is 0 Å². The number of rotatable bonds is 7. The van der Waals surface area contributed by atoms with E-state index in [-0.39, 0.29) is 11.8 Å². The molecule has 1 aromatic heterocycles. The van der Waals surface area contributed by atoms with Crippen molar-refractivity contribution in [3.8, 4) is 0 Å². The number of methoxy groups -OCH3 is 1. The average molecular weight is 296 g/mol. The fraction of sp³-hybridized carbons (Fsp3) is 0.700. The quantitative estimate of drug-likeness (QED) is 0.792. The lowest BCUT2D eigenvalue weighted by Crippen LogP contribution is -2.28. The highest BCUT2D eigenvalue weighted by atomic mass is 35.5. The number of hydrogen-bond acceptors (Lipinski definition) is 5. The molecule has 1 unspecified atom stereocenters. The number of hydrogen-bond donors (Lipinski definition) is 1. The van der Waals surface area contributed by atoms with Crippen LogP contribution < -0.4 is 5.32 Å². The first-order valence-corrected chi connectivity index (χ1v) is 7.88. The number of nitrogens with one attached hydrogen (secondary N) is 1. The van der Waals surface area contributed by atoms with E-state index in [1.54, 1.807) is 18.8 Å². The van der Waals surface area contributed by atoms with E-state index >= 15 is 0 Å². The third-order valence-electron chi connectivity index (χ3n) is 2.49. The molecule has 0 fully saturated rings. The van der Waals surface area contributed by atoms with E-state index in [4.69, 9.17) is 16.3 Å². The Kier molecular flexibility index (Phi) is 5.58. The largest absolute Gasteiger partial charge is 0.383 e. The van der Waals surface area contributed by atoms with Gasteiger partial charge in [-0.25, -0.2) is 8.42 Å². The molecule has 0 saturated heterocycles. The molecule has 0 bridgehead atoms. The van der Waals surface area contributed by atoms with E-state index in [0.29, 0.717) is 23.9 Å². The molecule has 0 amide bonds. The van der Waals surface area contributed by atoms with E-state index in [0.717, 1.165) is 0 Å². The summed E-state index contributed by atoms with van der Waals surface area (Å²) < 4.78 is 29.4. The molecule has 0 aliphatic carbocycles. The van der Waals surface area contributed by atoms with Crippen LogP contribution in [0.1, 0.15) is 11.7 Å². The monoisotopic (exact) mass is 295 g/mol.